The molecule has 0 radical (unpaired) electrons. The van der Waals surface area contributed by atoms with E-state index < -0.39 is 0 Å². The third-order valence-electron chi connectivity index (χ3n) is 6.91. The van der Waals surface area contributed by atoms with Crippen LogP contribution >= 0.6 is 0 Å². The number of amides is 3. The van der Waals surface area contributed by atoms with Crippen LogP contribution in [0.5, 0.6) is 0 Å². The summed E-state index contributed by atoms with van der Waals surface area (Å²) in [7, 11) is 0. The van der Waals surface area contributed by atoms with Crippen LogP contribution < -0.4 is 5.32 Å². The molecule has 0 atom stereocenters. The van der Waals surface area contributed by atoms with Crippen LogP contribution in [0.3, 0.4) is 0 Å². The van der Waals surface area contributed by atoms with Crippen molar-refractivity contribution in [2.75, 3.05) is 19.6 Å². The van der Waals surface area contributed by atoms with Gasteiger partial charge < -0.3 is 15.1 Å². The van der Waals surface area contributed by atoms with Gasteiger partial charge in [0.25, 0.3) is 0 Å². The second kappa shape index (κ2) is 10.3. The molecule has 27 heavy (non-hydrogen) atoms. The first-order valence-electron chi connectivity index (χ1n) is 11.5. The predicted octanol–water partition coefficient (Wildman–Crippen LogP) is 4.31. The Morgan fingerprint density at radius 1 is 0.889 bits per heavy atom. The van der Waals surface area contributed by atoms with Gasteiger partial charge in [0.15, 0.2) is 0 Å². The molecule has 3 aliphatic rings. The standard InChI is InChI=1S/C22H39N3O2/c1-18-12-15-24(16-13-18)21(26)14-17-25(20-10-6-3-7-11-20)22(27)23-19-8-4-2-5-9-19/h18-20H,2-17H2,1H3,(H,23,27). The number of nitrogens with zero attached hydrogens (tertiary/aromatic N) is 2. The first-order valence-corrected chi connectivity index (χ1v) is 11.5. The van der Waals surface area contributed by atoms with E-state index in [9.17, 15) is 9.59 Å². The highest BCUT2D eigenvalue weighted by Gasteiger charge is 2.29. The van der Waals surface area contributed by atoms with E-state index in [-0.39, 0.29) is 11.9 Å². The molecule has 0 aromatic rings. The summed E-state index contributed by atoms with van der Waals surface area (Å²) in [5, 5.41) is 3.29. The summed E-state index contributed by atoms with van der Waals surface area (Å²) in [6, 6.07) is 0.724. The average molecular weight is 378 g/mol. The fourth-order valence-electron chi connectivity index (χ4n) is 4.98. The highest BCUT2D eigenvalue weighted by Crippen LogP contribution is 2.24. The van der Waals surface area contributed by atoms with Gasteiger partial charge in [0.05, 0.1) is 0 Å². The molecule has 0 spiro atoms. The molecule has 1 aliphatic heterocycles. The second-order valence-electron chi connectivity index (χ2n) is 9.08. The topological polar surface area (TPSA) is 52.7 Å². The van der Waals surface area contributed by atoms with Crippen molar-refractivity contribution < 1.29 is 9.59 Å². The SMILES string of the molecule is CC1CCN(C(=O)CCN(C(=O)NC2CCCCC2)C2CCCCC2)CC1. The monoisotopic (exact) mass is 377 g/mol. The lowest BCUT2D eigenvalue weighted by molar-refractivity contribution is -0.132. The normalized spacial score (nSPS) is 23.2. The molecule has 1 saturated heterocycles. The minimum absolute atomic E-state index is 0.0777. The van der Waals surface area contributed by atoms with E-state index in [2.05, 4.69) is 12.2 Å². The first kappa shape index (κ1) is 20.5. The van der Waals surface area contributed by atoms with Crippen molar-refractivity contribution in [3.63, 3.8) is 0 Å². The minimum Gasteiger partial charge on any atom is -0.343 e. The van der Waals surface area contributed by atoms with Crippen LogP contribution in [0.4, 0.5) is 4.79 Å². The molecule has 5 heteroatoms. The summed E-state index contributed by atoms with van der Waals surface area (Å²) in [4.78, 5) is 29.7. The summed E-state index contributed by atoms with van der Waals surface area (Å²) in [5.74, 6) is 0.960. The second-order valence-corrected chi connectivity index (χ2v) is 9.08. The van der Waals surface area contributed by atoms with Crippen molar-refractivity contribution in [2.45, 2.75) is 102 Å². The van der Waals surface area contributed by atoms with Crippen LogP contribution in [0.1, 0.15) is 90.4 Å². The van der Waals surface area contributed by atoms with Gasteiger partial charge in [-0.3, -0.25) is 4.79 Å². The van der Waals surface area contributed by atoms with Gasteiger partial charge in [0.1, 0.15) is 0 Å². The Hall–Kier alpha value is -1.26. The molecule has 0 unspecified atom stereocenters. The van der Waals surface area contributed by atoms with Crippen molar-refractivity contribution in [2.24, 2.45) is 5.92 Å². The summed E-state index contributed by atoms with van der Waals surface area (Å²) >= 11 is 0. The zero-order valence-electron chi connectivity index (χ0n) is 17.3. The Balaban J connectivity index is 1.54. The van der Waals surface area contributed by atoms with Crippen LogP contribution in [0.15, 0.2) is 0 Å². The molecule has 154 valence electrons. The van der Waals surface area contributed by atoms with Gasteiger partial charge in [-0.15, -0.1) is 0 Å². The molecule has 0 bridgehead atoms. The smallest absolute Gasteiger partial charge is 0.317 e. The maximum atomic E-state index is 13.0. The molecule has 2 aliphatic carbocycles. The van der Waals surface area contributed by atoms with E-state index in [1.165, 1.54) is 38.5 Å². The minimum atomic E-state index is 0.0777. The highest BCUT2D eigenvalue weighted by atomic mass is 16.2. The quantitative estimate of drug-likeness (QED) is 0.776. The fourth-order valence-corrected chi connectivity index (χ4v) is 4.98. The van der Waals surface area contributed by atoms with E-state index in [0.29, 0.717) is 25.0 Å². The van der Waals surface area contributed by atoms with Crippen LogP contribution in [0, 0.1) is 5.92 Å². The molecule has 0 aromatic heterocycles. The molecule has 2 saturated carbocycles. The van der Waals surface area contributed by atoms with Crippen molar-refractivity contribution in [3.05, 3.63) is 0 Å². The van der Waals surface area contributed by atoms with Gasteiger partial charge in [-0.2, -0.15) is 0 Å². The number of carbonyl (C=O) groups is 2. The van der Waals surface area contributed by atoms with Gasteiger partial charge in [-0.05, 0) is 44.4 Å². The molecule has 1 N–H and O–H groups in total. The third kappa shape index (κ3) is 6.11. The van der Waals surface area contributed by atoms with Gasteiger partial charge in [-0.1, -0.05) is 45.4 Å². The molecule has 3 fully saturated rings. The Bertz CT molecular complexity index is 476. The van der Waals surface area contributed by atoms with Gasteiger partial charge in [-0.25, -0.2) is 4.79 Å². The molecule has 5 nitrogen and oxygen atoms in total. The molecular weight excluding hydrogens is 338 g/mol. The van der Waals surface area contributed by atoms with E-state index >= 15 is 0 Å². The lowest BCUT2D eigenvalue weighted by atomic mass is 9.93. The van der Waals surface area contributed by atoms with Crippen LogP contribution in [0.2, 0.25) is 0 Å². The maximum absolute atomic E-state index is 13.0. The molecule has 0 aromatic carbocycles. The van der Waals surface area contributed by atoms with Gasteiger partial charge in [0.2, 0.25) is 5.91 Å². The summed E-state index contributed by atoms with van der Waals surface area (Å²) in [6.07, 6.45) is 14.5. The largest absolute Gasteiger partial charge is 0.343 e. The molecule has 3 amide bonds. The lowest BCUT2D eigenvalue weighted by Crippen LogP contribution is -2.51. The van der Waals surface area contributed by atoms with Crippen molar-refractivity contribution in [1.29, 1.82) is 0 Å². The zero-order valence-corrected chi connectivity index (χ0v) is 17.3. The Kier molecular flexibility index (Phi) is 7.83. The number of hydrogen-bond donors (Lipinski definition) is 1. The van der Waals surface area contributed by atoms with E-state index in [1.54, 1.807) is 0 Å². The number of piperidine rings is 1. The van der Waals surface area contributed by atoms with E-state index in [1.807, 2.05) is 9.80 Å². The predicted molar refractivity (Wildman–Crippen MR) is 109 cm³/mol. The van der Waals surface area contributed by atoms with Gasteiger partial charge in [0, 0.05) is 38.1 Å². The average Bonchev–Trinajstić information content (AvgIpc) is 2.70. The maximum Gasteiger partial charge on any atom is 0.317 e. The number of nitrogens with one attached hydrogen (secondary N) is 1. The van der Waals surface area contributed by atoms with Crippen LogP contribution in [-0.2, 0) is 4.79 Å². The van der Waals surface area contributed by atoms with Crippen molar-refractivity contribution in [3.8, 4) is 0 Å². The fraction of sp³-hybridized carbons (Fsp3) is 0.909. The summed E-state index contributed by atoms with van der Waals surface area (Å²) in [6.45, 7) is 4.62. The van der Waals surface area contributed by atoms with E-state index in [0.717, 1.165) is 57.5 Å². The molecule has 3 rings (SSSR count). The van der Waals surface area contributed by atoms with Crippen molar-refractivity contribution in [1.82, 2.24) is 15.1 Å². The van der Waals surface area contributed by atoms with Crippen molar-refractivity contribution >= 4 is 11.9 Å². The third-order valence-corrected chi connectivity index (χ3v) is 6.91. The Morgan fingerprint density at radius 2 is 1.48 bits per heavy atom. The zero-order chi connectivity index (χ0) is 19.1. The highest BCUT2D eigenvalue weighted by molar-refractivity contribution is 5.78. The summed E-state index contributed by atoms with van der Waals surface area (Å²) in [5.41, 5.74) is 0. The number of urea groups is 1. The lowest BCUT2D eigenvalue weighted by Gasteiger charge is -2.37. The Morgan fingerprint density at radius 3 is 2.11 bits per heavy atom. The Labute approximate surface area is 165 Å². The van der Waals surface area contributed by atoms with Gasteiger partial charge >= 0.3 is 6.03 Å². The number of likely N-dealkylation sites (tertiary alicyclic amines) is 1. The number of hydrogen-bond acceptors (Lipinski definition) is 2. The van der Waals surface area contributed by atoms with Crippen LogP contribution in [-0.4, -0.2) is 53.5 Å². The number of rotatable bonds is 5. The molecular formula is C22H39N3O2. The molecule has 1 heterocycles. The summed E-state index contributed by atoms with van der Waals surface area (Å²) < 4.78 is 0. The van der Waals surface area contributed by atoms with Crippen LogP contribution in [0.25, 0.3) is 0 Å². The van der Waals surface area contributed by atoms with E-state index in [4.69, 9.17) is 0 Å². The number of carbonyl (C=O) groups excluding carboxylic acids is 2. The first-order chi connectivity index (χ1) is 13.1.